The quantitative estimate of drug-likeness (QED) is 0.540. The van der Waals surface area contributed by atoms with Gasteiger partial charge >= 0.3 is 0 Å². The molecule has 0 saturated heterocycles. The van der Waals surface area contributed by atoms with Crippen molar-refractivity contribution in [3.8, 4) is 22.8 Å². The first-order chi connectivity index (χ1) is 13.6. The summed E-state index contributed by atoms with van der Waals surface area (Å²) >= 11 is 1.60. The normalized spacial score (nSPS) is 10.9. The number of hydrogen-bond acceptors (Lipinski definition) is 6. The van der Waals surface area contributed by atoms with E-state index < -0.39 is 5.91 Å². The van der Waals surface area contributed by atoms with Crippen LogP contribution in [0.15, 0.2) is 70.7 Å². The molecule has 4 rings (SSSR count). The van der Waals surface area contributed by atoms with E-state index in [1.165, 1.54) is 10.7 Å². The Balaban J connectivity index is 1.75. The Morgan fingerprint density at radius 2 is 1.96 bits per heavy atom. The van der Waals surface area contributed by atoms with Crippen LogP contribution in [0.5, 0.6) is 11.6 Å². The molecule has 0 aliphatic carbocycles. The molecule has 8 heteroatoms. The molecule has 2 aromatic carbocycles. The summed E-state index contributed by atoms with van der Waals surface area (Å²) in [6, 6.07) is 15.8. The third kappa shape index (κ3) is 3.14. The van der Waals surface area contributed by atoms with Gasteiger partial charge in [0.25, 0.3) is 5.91 Å². The lowest BCUT2D eigenvalue weighted by molar-refractivity contribution is 0.0996. The highest BCUT2D eigenvalue weighted by atomic mass is 32.2. The Labute approximate surface area is 164 Å². The lowest BCUT2D eigenvalue weighted by Crippen LogP contribution is -2.13. The molecule has 1 amide bonds. The van der Waals surface area contributed by atoms with Crippen molar-refractivity contribution in [3.05, 3.63) is 66.5 Å². The number of benzene rings is 2. The molecule has 7 nitrogen and oxygen atoms in total. The van der Waals surface area contributed by atoms with Gasteiger partial charge in [0, 0.05) is 16.7 Å². The molecular formula is C20H16N4O3S. The van der Waals surface area contributed by atoms with Crippen molar-refractivity contribution in [3.63, 3.8) is 0 Å². The van der Waals surface area contributed by atoms with E-state index in [-0.39, 0.29) is 11.4 Å². The Kier molecular flexibility index (Phi) is 4.62. The van der Waals surface area contributed by atoms with Crippen molar-refractivity contribution in [2.24, 2.45) is 5.73 Å². The smallest absolute Gasteiger partial charge is 0.255 e. The molecule has 140 valence electrons. The number of ether oxygens (including phenoxy) is 1. The standard InChI is InChI=1S/C20H16N4O3S/c1-27-16-9-12(7-8-17(16)28-13-5-3-2-4-6-13)14-11-23-24-19(14)22-10-15(18(21)25)20(24)26/h2-11,26H,1H3,(H2,21,25). The summed E-state index contributed by atoms with van der Waals surface area (Å²) in [6.07, 6.45) is 2.82. The predicted octanol–water partition coefficient (Wildman–Crippen LogP) is 3.36. The molecule has 0 aliphatic rings. The third-order valence-corrected chi connectivity index (χ3v) is 5.28. The zero-order valence-corrected chi connectivity index (χ0v) is 15.7. The number of nitrogens with zero attached hydrogens (tertiary/aromatic N) is 3. The molecule has 2 heterocycles. The second-order valence-electron chi connectivity index (χ2n) is 5.93. The second-order valence-corrected chi connectivity index (χ2v) is 7.05. The maximum Gasteiger partial charge on any atom is 0.255 e. The average Bonchev–Trinajstić information content (AvgIpc) is 3.14. The van der Waals surface area contributed by atoms with Crippen LogP contribution in [0.25, 0.3) is 16.8 Å². The highest BCUT2D eigenvalue weighted by molar-refractivity contribution is 7.99. The molecule has 0 atom stereocenters. The molecule has 0 radical (unpaired) electrons. The van der Waals surface area contributed by atoms with Crippen LogP contribution in [0.4, 0.5) is 0 Å². The van der Waals surface area contributed by atoms with Crippen molar-refractivity contribution in [1.82, 2.24) is 14.6 Å². The van der Waals surface area contributed by atoms with Crippen LogP contribution in [0.3, 0.4) is 0 Å². The summed E-state index contributed by atoms with van der Waals surface area (Å²) in [7, 11) is 1.62. The van der Waals surface area contributed by atoms with E-state index in [1.807, 2.05) is 48.5 Å². The van der Waals surface area contributed by atoms with E-state index in [2.05, 4.69) is 10.1 Å². The minimum atomic E-state index is -0.770. The van der Waals surface area contributed by atoms with Gasteiger partial charge in [0.2, 0.25) is 5.88 Å². The molecule has 28 heavy (non-hydrogen) atoms. The van der Waals surface area contributed by atoms with Gasteiger partial charge in [0.1, 0.15) is 11.3 Å². The number of methoxy groups -OCH3 is 1. The van der Waals surface area contributed by atoms with Crippen LogP contribution >= 0.6 is 11.8 Å². The second kappa shape index (κ2) is 7.24. The SMILES string of the molecule is COc1cc(-c2cnn3c(O)c(C(N)=O)cnc23)ccc1Sc1ccccc1. The minimum Gasteiger partial charge on any atom is -0.496 e. The molecule has 0 aliphatic heterocycles. The van der Waals surface area contributed by atoms with Crippen LogP contribution in [0.2, 0.25) is 0 Å². The Morgan fingerprint density at radius 3 is 2.68 bits per heavy atom. The van der Waals surface area contributed by atoms with Crippen molar-refractivity contribution < 1.29 is 14.6 Å². The third-order valence-electron chi connectivity index (χ3n) is 4.21. The van der Waals surface area contributed by atoms with Gasteiger partial charge in [-0.25, -0.2) is 4.98 Å². The Morgan fingerprint density at radius 1 is 1.18 bits per heavy atom. The van der Waals surface area contributed by atoms with Gasteiger partial charge in [-0.1, -0.05) is 36.0 Å². The number of amides is 1. The molecule has 0 bridgehead atoms. The number of fused-ring (bicyclic) bond motifs is 1. The highest BCUT2D eigenvalue weighted by Crippen LogP contribution is 2.38. The van der Waals surface area contributed by atoms with Crippen molar-refractivity contribution in [2.45, 2.75) is 9.79 Å². The summed E-state index contributed by atoms with van der Waals surface area (Å²) in [4.78, 5) is 17.7. The number of aromatic hydroxyl groups is 1. The van der Waals surface area contributed by atoms with Gasteiger partial charge in [0.05, 0.1) is 18.2 Å². The van der Waals surface area contributed by atoms with Crippen LogP contribution in [0, 0.1) is 0 Å². The number of carbonyl (C=O) groups excluding carboxylic acids is 1. The summed E-state index contributed by atoms with van der Waals surface area (Å²) < 4.78 is 6.75. The molecule has 3 N–H and O–H groups in total. The molecule has 0 unspecified atom stereocenters. The van der Waals surface area contributed by atoms with Crippen molar-refractivity contribution >= 4 is 23.3 Å². The van der Waals surface area contributed by atoms with Crippen molar-refractivity contribution in [1.29, 1.82) is 0 Å². The van der Waals surface area contributed by atoms with Crippen LogP contribution < -0.4 is 10.5 Å². The minimum absolute atomic E-state index is 0.0886. The van der Waals surface area contributed by atoms with Gasteiger partial charge in [-0.15, -0.1) is 0 Å². The molecule has 0 saturated carbocycles. The monoisotopic (exact) mass is 392 g/mol. The fourth-order valence-corrected chi connectivity index (χ4v) is 3.76. The van der Waals surface area contributed by atoms with Crippen LogP contribution in [0.1, 0.15) is 10.4 Å². The van der Waals surface area contributed by atoms with E-state index >= 15 is 0 Å². The number of rotatable bonds is 5. The Bertz CT molecular complexity index is 1180. The van der Waals surface area contributed by atoms with Gasteiger partial charge in [0.15, 0.2) is 5.65 Å². The lowest BCUT2D eigenvalue weighted by Gasteiger charge is -2.10. The molecule has 4 aromatic rings. The van der Waals surface area contributed by atoms with Crippen LogP contribution in [-0.4, -0.2) is 32.7 Å². The first-order valence-electron chi connectivity index (χ1n) is 8.35. The molecule has 0 spiro atoms. The average molecular weight is 392 g/mol. The topological polar surface area (TPSA) is 103 Å². The lowest BCUT2D eigenvalue weighted by atomic mass is 10.1. The number of hydrogen-bond donors (Lipinski definition) is 2. The summed E-state index contributed by atoms with van der Waals surface area (Å²) in [6.45, 7) is 0. The maximum atomic E-state index is 11.4. The molecule has 2 aromatic heterocycles. The first kappa shape index (κ1) is 17.9. The largest absolute Gasteiger partial charge is 0.496 e. The van der Waals surface area contributed by atoms with Gasteiger partial charge < -0.3 is 15.6 Å². The fraction of sp³-hybridized carbons (Fsp3) is 0.0500. The summed E-state index contributed by atoms with van der Waals surface area (Å²) in [5, 5.41) is 14.4. The van der Waals surface area contributed by atoms with Crippen LogP contribution in [-0.2, 0) is 0 Å². The Hall–Kier alpha value is -3.52. The zero-order chi connectivity index (χ0) is 19.7. The van der Waals surface area contributed by atoms with E-state index in [9.17, 15) is 9.90 Å². The van der Waals surface area contributed by atoms with Gasteiger partial charge in [-0.05, 0) is 29.8 Å². The zero-order valence-electron chi connectivity index (χ0n) is 14.9. The first-order valence-corrected chi connectivity index (χ1v) is 9.17. The molecular weight excluding hydrogens is 376 g/mol. The molecule has 0 fully saturated rings. The van der Waals surface area contributed by atoms with Crippen molar-refractivity contribution in [2.75, 3.05) is 7.11 Å². The highest BCUT2D eigenvalue weighted by Gasteiger charge is 2.17. The van der Waals surface area contributed by atoms with Gasteiger partial charge in [-0.2, -0.15) is 9.61 Å². The van der Waals surface area contributed by atoms with E-state index in [0.717, 1.165) is 15.4 Å². The number of nitrogens with two attached hydrogens (primary N) is 1. The number of carbonyl (C=O) groups is 1. The maximum absolute atomic E-state index is 11.4. The number of aromatic nitrogens is 3. The summed E-state index contributed by atoms with van der Waals surface area (Å²) in [5.74, 6) is -0.399. The predicted molar refractivity (Wildman–Crippen MR) is 106 cm³/mol. The fourth-order valence-electron chi connectivity index (χ4n) is 2.83. The number of primary amides is 1. The van der Waals surface area contributed by atoms with E-state index in [4.69, 9.17) is 10.5 Å². The van der Waals surface area contributed by atoms with E-state index in [0.29, 0.717) is 17.0 Å². The van der Waals surface area contributed by atoms with Gasteiger partial charge in [-0.3, -0.25) is 4.79 Å². The summed E-state index contributed by atoms with van der Waals surface area (Å²) in [5.41, 5.74) is 7.08. The van der Waals surface area contributed by atoms with E-state index in [1.54, 1.807) is 25.1 Å².